The first-order valence-electron chi connectivity index (χ1n) is 4.58. The maximum atomic E-state index is 13.4. The molecule has 1 nitrogen and oxygen atoms in total. The van der Waals surface area contributed by atoms with Gasteiger partial charge >= 0.3 is 0 Å². The SMILES string of the molecule is Nc1cc(-c2ccc(F)cc2F)ccc1F. The third kappa shape index (κ3) is 1.86. The highest BCUT2D eigenvalue weighted by Gasteiger charge is 2.08. The van der Waals surface area contributed by atoms with Crippen molar-refractivity contribution >= 4 is 5.69 Å². The summed E-state index contributed by atoms with van der Waals surface area (Å²) in [7, 11) is 0. The first kappa shape index (κ1) is 10.5. The highest BCUT2D eigenvalue weighted by Crippen LogP contribution is 2.26. The van der Waals surface area contributed by atoms with Crippen molar-refractivity contribution in [2.24, 2.45) is 0 Å². The Morgan fingerprint density at radius 2 is 1.56 bits per heavy atom. The van der Waals surface area contributed by atoms with Crippen molar-refractivity contribution < 1.29 is 13.2 Å². The van der Waals surface area contributed by atoms with Gasteiger partial charge in [-0.1, -0.05) is 6.07 Å². The molecule has 2 aromatic rings. The third-order valence-corrected chi connectivity index (χ3v) is 2.24. The fourth-order valence-corrected chi connectivity index (χ4v) is 1.43. The molecule has 0 fully saturated rings. The number of hydrogen-bond acceptors (Lipinski definition) is 1. The lowest BCUT2D eigenvalue weighted by atomic mass is 10.0. The minimum absolute atomic E-state index is 0.0683. The van der Waals surface area contributed by atoms with Crippen LogP contribution < -0.4 is 5.73 Å². The summed E-state index contributed by atoms with van der Waals surface area (Å²) in [4.78, 5) is 0. The normalized spacial score (nSPS) is 10.4. The summed E-state index contributed by atoms with van der Waals surface area (Å²) < 4.78 is 39.0. The quantitative estimate of drug-likeness (QED) is 0.737. The van der Waals surface area contributed by atoms with Gasteiger partial charge in [0.1, 0.15) is 17.5 Å². The van der Waals surface area contributed by atoms with Gasteiger partial charge in [0.2, 0.25) is 0 Å². The van der Waals surface area contributed by atoms with Crippen LogP contribution in [0.2, 0.25) is 0 Å². The summed E-state index contributed by atoms with van der Waals surface area (Å²) in [5, 5.41) is 0. The fourth-order valence-electron chi connectivity index (χ4n) is 1.43. The van der Waals surface area contributed by atoms with Crippen molar-refractivity contribution in [2.75, 3.05) is 5.73 Å². The highest BCUT2D eigenvalue weighted by molar-refractivity contribution is 5.68. The van der Waals surface area contributed by atoms with Crippen LogP contribution in [0, 0.1) is 17.5 Å². The van der Waals surface area contributed by atoms with E-state index in [1.54, 1.807) is 0 Å². The average molecular weight is 223 g/mol. The van der Waals surface area contributed by atoms with Crippen molar-refractivity contribution in [1.82, 2.24) is 0 Å². The maximum Gasteiger partial charge on any atom is 0.146 e. The number of benzene rings is 2. The summed E-state index contributed by atoms with van der Waals surface area (Å²) in [6.45, 7) is 0. The molecule has 0 spiro atoms. The smallest absolute Gasteiger partial charge is 0.146 e. The Morgan fingerprint density at radius 1 is 0.812 bits per heavy atom. The van der Waals surface area contributed by atoms with Gasteiger partial charge in [-0.25, -0.2) is 13.2 Å². The second-order valence-corrected chi connectivity index (χ2v) is 3.36. The molecule has 0 aliphatic carbocycles. The zero-order valence-electron chi connectivity index (χ0n) is 8.18. The van der Waals surface area contributed by atoms with Gasteiger partial charge < -0.3 is 5.73 Å². The molecule has 4 heteroatoms. The van der Waals surface area contributed by atoms with E-state index in [4.69, 9.17) is 5.73 Å². The maximum absolute atomic E-state index is 13.4. The first-order valence-corrected chi connectivity index (χ1v) is 4.58. The molecule has 0 saturated heterocycles. The minimum Gasteiger partial charge on any atom is -0.396 e. The molecule has 0 aliphatic heterocycles. The molecule has 0 bridgehead atoms. The number of nitrogen functional groups attached to an aromatic ring is 1. The molecule has 0 amide bonds. The molecule has 0 saturated carbocycles. The van der Waals surface area contributed by atoms with Crippen LogP contribution in [-0.4, -0.2) is 0 Å². The lowest BCUT2D eigenvalue weighted by molar-refractivity contribution is 0.585. The number of nitrogens with two attached hydrogens (primary N) is 1. The number of halogens is 3. The molecular formula is C12H8F3N. The van der Waals surface area contributed by atoms with Crippen LogP contribution in [0.25, 0.3) is 11.1 Å². The van der Waals surface area contributed by atoms with E-state index < -0.39 is 17.5 Å². The second kappa shape index (κ2) is 3.89. The van der Waals surface area contributed by atoms with Crippen molar-refractivity contribution in [3.8, 4) is 11.1 Å². The van der Waals surface area contributed by atoms with E-state index in [0.717, 1.165) is 18.2 Å². The summed E-state index contributed by atoms with van der Waals surface area (Å²) in [6.07, 6.45) is 0. The lowest BCUT2D eigenvalue weighted by Gasteiger charge is -2.05. The molecule has 0 aliphatic rings. The Balaban J connectivity index is 2.54. The van der Waals surface area contributed by atoms with E-state index in [0.29, 0.717) is 5.56 Å². The molecule has 0 heterocycles. The van der Waals surface area contributed by atoms with Crippen molar-refractivity contribution in [1.29, 1.82) is 0 Å². The predicted octanol–water partition coefficient (Wildman–Crippen LogP) is 3.35. The second-order valence-electron chi connectivity index (χ2n) is 3.36. The fraction of sp³-hybridized carbons (Fsp3) is 0. The molecular weight excluding hydrogens is 215 g/mol. The van der Waals surface area contributed by atoms with Gasteiger partial charge in [-0.3, -0.25) is 0 Å². The van der Waals surface area contributed by atoms with Gasteiger partial charge in [0, 0.05) is 11.6 Å². The van der Waals surface area contributed by atoms with Crippen LogP contribution in [0.1, 0.15) is 0 Å². The summed E-state index contributed by atoms with van der Waals surface area (Å²) in [5.74, 6) is -1.92. The molecule has 0 atom stereocenters. The van der Waals surface area contributed by atoms with E-state index in [-0.39, 0.29) is 11.3 Å². The van der Waals surface area contributed by atoms with Crippen LogP contribution >= 0.6 is 0 Å². The van der Waals surface area contributed by atoms with Gasteiger partial charge in [-0.15, -0.1) is 0 Å². The van der Waals surface area contributed by atoms with E-state index in [9.17, 15) is 13.2 Å². The molecule has 82 valence electrons. The molecule has 0 radical (unpaired) electrons. The molecule has 16 heavy (non-hydrogen) atoms. The largest absolute Gasteiger partial charge is 0.396 e. The van der Waals surface area contributed by atoms with Crippen LogP contribution in [0.3, 0.4) is 0 Å². The molecule has 2 N–H and O–H groups in total. The van der Waals surface area contributed by atoms with Crippen LogP contribution in [0.4, 0.5) is 18.9 Å². The summed E-state index contributed by atoms with van der Waals surface area (Å²) in [5.41, 5.74) is 5.90. The van der Waals surface area contributed by atoms with Crippen LogP contribution in [-0.2, 0) is 0 Å². The standard InChI is InChI=1S/C12H8F3N/c13-8-2-3-9(11(15)6-8)7-1-4-10(14)12(16)5-7/h1-6H,16H2. The van der Waals surface area contributed by atoms with E-state index >= 15 is 0 Å². The molecule has 0 unspecified atom stereocenters. The number of rotatable bonds is 1. The first-order chi connectivity index (χ1) is 7.58. The lowest BCUT2D eigenvalue weighted by Crippen LogP contribution is -1.92. The summed E-state index contributed by atoms with van der Waals surface area (Å²) in [6, 6.07) is 7.05. The zero-order chi connectivity index (χ0) is 11.7. The molecule has 2 rings (SSSR count). The average Bonchev–Trinajstić information content (AvgIpc) is 2.22. The Hall–Kier alpha value is -1.97. The zero-order valence-corrected chi connectivity index (χ0v) is 8.18. The Labute approximate surface area is 90.3 Å². The Bertz CT molecular complexity index is 538. The van der Waals surface area contributed by atoms with Gasteiger partial charge in [-0.2, -0.15) is 0 Å². The van der Waals surface area contributed by atoms with Gasteiger partial charge in [0.15, 0.2) is 0 Å². The minimum atomic E-state index is -0.703. The summed E-state index contributed by atoms with van der Waals surface area (Å²) >= 11 is 0. The number of anilines is 1. The van der Waals surface area contributed by atoms with E-state index in [1.165, 1.54) is 18.2 Å². The van der Waals surface area contributed by atoms with Crippen molar-refractivity contribution in [3.05, 3.63) is 53.8 Å². The van der Waals surface area contributed by atoms with Gasteiger partial charge in [0.05, 0.1) is 5.69 Å². The Morgan fingerprint density at radius 3 is 2.19 bits per heavy atom. The van der Waals surface area contributed by atoms with E-state index in [1.807, 2.05) is 0 Å². The molecule has 2 aromatic carbocycles. The Kier molecular flexibility index (Phi) is 2.56. The third-order valence-electron chi connectivity index (χ3n) is 2.24. The van der Waals surface area contributed by atoms with Gasteiger partial charge in [0.25, 0.3) is 0 Å². The number of hydrogen-bond donors (Lipinski definition) is 1. The topological polar surface area (TPSA) is 26.0 Å². The predicted molar refractivity (Wildman–Crippen MR) is 56.2 cm³/mol. The van der Waals surface area contributed by atoms with Crippen molar-refractivity contribution in [3.63, 3.8) is 0 Å². The van der Waals surface area contributed by atoms with E-state index in [2.05, 4.69) is 0 Å². The van der Waals surface area contributed by atoms with Crippen molar-refractivity contribution in [2.45, 2.75) is 0 Å². The molecule has 0 aromatic heterocycles. The van der Waals surface area contributed by atoms with Crippen LogP contribution in [0.15, 0.2) is 36.4 Å². The van der Waals surface area contributed by atoms with Crippen LogP contribution in [0.5, 0.6) is 0 Å². The highest BCUT2D eigenvalue weighted by atomic mass is 19.1. The monoisotopic (exact) mass is 223 g/mol. The van der Waals surface area contributed by atoms with Gasteiger partial charge in [-0.05, 0) is 29.8 Å².